The minimum atomic E-state index is -1.15. The van der Waals surface area contributed by atoms with E-state index in [1.807, 2.05) is 0 Å². The summed E-state index contributed by atoms with van der Waals surface area (Å²) in [5.74, 6) is 1.45. The summed E-state index contributed by atoms with van der Waals surface area (Å²) in [7, 11) is 0. The second-order valence-electron chi connectivity index (χ2n) is 10.6. The monoisotopic (exact) mass is 402 g/mol. The molecule has 0 heterocycles. The Morgan fingerprint density at radius 2 is 2.03 bits per heavy atom. The smallest absolute Gasteiger partial charge is 0.163 e. The average Bonchev–Trinajstić information content (AvgIpc) is 3.08. The lowest BCUT2D eigenvalue weighted by Gasteiger charge is -2.41. The predicted molar refractivity (Wildman–Crippen MR) is 115 cm³/mol. The zero-order chi connectivity index (χ0) is 21.6. The van der Waals surface area contributed by atoms with Crippen LogP contribution in [-0.2, 0) is 4.79 Å². The van der Waals surface area contributed by atoms with Crippen LogP contribution in [0.15, 0.2) is 35.5 Å². The molecule has 3 aliphatic rings. The van der Waals surface area contributed by atoms with E-state index in [1.165, 1.54) is 0 Å². The number of ketones is 1. The SMILES string of the molecule is CC1=CC(=O)[C@H]2/C(CO)=C\C[C@H]3[C@@H]([C@@H](C)/C=C\C(O)C(C)(C)O)CC[C@]3(C)C[C@H]12. The quantitative estimate of drug-likeness (QED) is 0.611. The molecule has 0 aromatic heterocycles. The lowest BCUT2D eigenvalue weighted by molar-refractivity contribution is -0.117. The molecule has 1 fully saturated rings. The molecule has 4 heteroatoms. The Bertz CT molecular complexity index is 726. The Hall–Kier alpha value is -1.23. The van der Waals surface area contributed by atoms with Gasteiger partial charge in [0.05, 0.1) is 18.1 Å². The maximum Gasteiger partial charge on any atom is 0.163 e. The van der Waals surface area contributed by atoms with E-state index in [0.717, 1.165) is 36.8 Å². The zero-order valence-electron chi connectivity index (χ0n) is 18.6. The van der Waals surface area contributed by atoms with Gasteiger partial charge in [-0.1, -0.05) is 37.6 Å². The minimum absolute atomic E-state index is 0.0463. The predicted octanol–water partition coefficient (Wildman–Crippen LogP) is 3.82. The van der Waals surface area contributed by atoms with Gasteiger partial charge in [-0.2, -0.15) is 0 Å². The first-order valence-corrected chi connectivity index (χ1v) is 11.1. The topological polar surface area (TPSA) is 77.8 Å². The summed E-state index contributed by atoms with van der Waals surface area (Å²) in [6.45, 7) is 9.83. The summed E-state index contributed by atoms with van der Waals surface area (Å²) in [4.78, 5) is 12.6. The van der Waals surface area contributed by atoms with Crippen molar-refractivity contribution in [3.8, 4) is 0 Å². The van der Waals surface area contributed by atoms with Crippen LogP contribution in [0.3, 0.4) is 0 Å². The van der Waals surface area contributed by atoms with Crippen LogP contribution in [0.2, 0.25) is 0 Å². The van der Waals surface area contributed by atoms with Crippen molar-refractivity contribution in [1.29, 1.82) is 0 Å². The van der Waals surface area contributed by atoms with Crippen LogP contribution >= 0.6 is 0 Å². The number of carbonyl (C=O) groups is 1. The van der Waals surface area contributed by atoms with Gasteiger partial charge in [0.1, 0.15) is 6.10 Å². The van der Waals surface area contributed by atoms with Gasteiger partial charge in [-0.3, -0.25) is 4.79 Å². The van der Waals surface area contributed by atoms with E-state index in [0.29, 0.717) is 17.8 Å². The van der Waals surface area contributed by atoms with Gasteiger partial charge in [0.2, 0.25) is 0 Å². The van der Waals surface area contributed by atoms with E-state index < -0.39 is 11.7 Å². The molecule has 0 bridgehead atoms. The Morgan fingerprint density at radius 1 is 1.34 bits per heavy atom. The molecule has 0 saturated heterocycles. The average molecular weight is 403 g/mol. The van der Waals surface area contributed by atoms with Gasteiger partial charge in [-0.15, -0.1) is 0 Å². The summed E-state index contributed by atoms with van der Waals surface area (Å²) in [5, 5.41) is 30.1. The number of allylic oxidation sites excluding steroid dienone is 4. The number of hydrogen-bond donors (Lipinski definition) is 3. The third kappa shape index (κ3) is 4.30. The van der Waals surface area contributed by atoms with Crippen molar-refractivity contribution >= 4 is 5.78 Å². The van der Waals surface area contributed by atoms with E-state index in [1.54, 1.807) is 26.0 Å². The van der Waals surface area contributed by atoms with Crippen molar-refractivity contribution in [2.75, 3.05) is 6.61 Å². The standard InChI is InChI=1S/C25H38O4/c1-15(6-9-22(28)24(3,4)29)18-10-11-25(5)13-19-16(2)12-21(27)23(19)17(14-26)7-8-20(18)25/h6-7,9,12,15,18-20,22-23,26,28-29H,8,10-11,13-14H2,1-5H3/b9-6-,17-7-/t15-,18+,19+,20-,22?,23-,25+/m0/s1. The summed E-state index contributed by atoms with van der Waals surface area (Å²) < 4.78 is 0. The molecule has 1 saturated carbocycles. The normalized spacial score (nSPS) is 39.2. The van der Waals surface area contributed by atoms with Crippen LogP contribution in [0.25, 0.3) is 0 Å². The fourth-order valence-electron chi connectivity index (χ4n) is 6.07. The van der Waals surface area contributed by atoms with Gasteiger partial charge >= 0.3 is 0 Å². The zero-order valence-corrected chi connectivity index (χ0v) is 18.6. The number of rotatable bonds is 5. The molecule has 29 heavy (non-hydrogen) atoms. The molecule has 0 aliphatic heterocycles. The van der Waals surface area contributed by atoms with Crippen molar-refractivity contribution in [2.24, 2.45) is 35.0 Å². The van der Waals surface area contributed by atoms with Gasteiger partial charge in [0.25, 0.3) is 0 Å². The lowest BCUT2D eigenvalue weighted by atomic mass is 9.63. The highest BCUT2D eigenvalue weighted by Crippen LogP contribution is 2.58. The highest BCUT2D eigenvalue weighted by atomic mass is 16.3. The molecule has 162 valence electrons. The third-order valence-corrected chi connectivity index (χ3v) is 8.02. The van der Waals surface area contributed by atoms with E-state index in [9.17, 15) is 20.1 Å². The molecule has 4 nitrogen and oxygen atoms in total. The maximum atomic E-state index is 12.6. The van der Waals surface area contributed by atoms with Gasteiger partial charge < -0.3 is 15.3 Å². The molecule has 1 unspecified atom stereocenters. The second kappa shape index (κ2) is 8.13. The highest BCUT2D eigenvalue weighted by Gasteiger charge is 2.50. The minimum Gasteiger partial charge on any atom is -0.392 e. The Labute approximate surface area is 175 Å². The molecular formula is C25H38O4. The van der Waals surface area contributed by atoms with Crippen molar-refractivity contribution in [2.45, 2.75) is 72.0 Å². The van der Waals surface area contributed by atoms with Crippen LogP contribution in [0.1, 0.15) is 60.3 Å². The highest BCUT2D eigenvalue weighted by molar-refractivity contribution is 5.97. The molecule has 0 spiro atoms. The maximum absolute atomic E-state index is 12.6. The molecule has 3 N–H and O–H groups in total. The Morgan fingerprint density at radius 3 is 2.66 bits per heavy atom. The fourth-order valence-corrected chi connectivity index (χ4v) is 6.07. The van der Waals surface area contributed by atoms with Gasteiger partial charge in [-0.25, -0.2) is 0 Å². The van der Waals surface area contributed by atoms with E-state index in [4.69, 9.17) is 0 Å². The second-order valence-corrected chi connectivity index (χ2v) is 10.6. The van der Waals surface area contributed by atoms with E-state index in [2.05, 4.69) is 32.9 Å². The van der Waals surface area contributed by atoms with Crippen LogP contribution in [0.5, 0.6) is 0 Å². The van der Waals surface area contributed by atoms with Crippen LogP contribution < -0.4 is 0 Å². The summed E-state index contributed by atoms with van der Waals surface area (Å²) >= 11 is 0. The molecular weight excluding hydrogens is 364 g/mol. The lowest BCUT2D eigenvalue weighted by Crippen LogP contribution is -2.35. The molecule has 0 radical (unpaired) electrons. The van der Waals surface area contributed by atoms with Gasteiger partial charge in [-0.05, 0) is 87.2 Å². The first-order valence-electron chi connectivity index (χ1n) is 11.1. The first-order chi connectivity index (χ1) is 13.5. The third-order valence-electron chi connectivity index (χ3n) is 8.02. The number of aliphatic hydroxyl groups is 3. The van der Waals surface area contributed by atoms with Crippen molar-refractivity contribution in [3.05, 3.63) is 35.5 Å². The van der Waals surface area contributed by atoms with Crippen LogP contribution in [0.4, 0.5) is 0 Å². The van der Waals surface area contributed by atoms with Crippen LogP contribution in [0, 0.1) is 35.0 Å². The molecule has 0 aromatic rings. The Balaban J connectivity index is 1.85. The van der Waals surface area contributed by atoms with Crippen molar-refractivity contribution in [1.82, 2.24) is 0 Å². The van der Waals surface area contributed by atoms with E-state index >= 15 is 0 Å². The summed E-state index contributed by atoms with van der Waals surface area (Å²) in [5.41, 5.74) is 1.07. The summed E-state index contributed by atoms with van der Waals surface area (Å²) in [6.07, 6.45) is 11.0. The fraction of sp³-hybridized carbons (Fsp3) is 0.720. The van der Waals surface area contributed by atoms with Crippen molar-refractivity contribution < 1.29 is 20.1 Å². The van der Waals surface area contributed by atoms with Crippen LogP contribution in [-0.4, -0.2) is 39.4 Å². The first kappa shape index (κ1) is 22.5. The summed E-state index contributed by atoms with van der Waals surface area (Å²) in [6, 6.07) is 0. The molecule has 0 aromatic carbocycles. The molecule has 7 atom stereocenters. The molecule has 3 rings (SSSR count). The number of fused-ring (bicyclic) bond motifs is 2. The number of hydrogen-bond acceptors (Lipinski definition) is 4. The van der Waals surface area contributed by atoms with E-state index in [-0.39, 0.29) is 29.6 Å². The van der Waals surface area contributed by atoms with Gasteiger partial charge in [0.15, 0.2) is 5.78 Å². The van der Waals surface area contributed by atoms with Gasteiger partial charge in [0, 0.05) is 0 Å². The largest absolute Gasteiger partial charge is 0.392 e. The Kier molecular flexibility index (Phi) is 6.29. The van der Waals surface area contributed by atoms with Crippen molar-refractivity contribution in [3.63, 3.8) is 0 Å². The number of aliphatic hydroxyl groups excluding tert-OH is 2. The molecule has 3 aliphatic carbocycles. The number of carbonyl (C=O) groups excluding carboxylic acids is 1. The molecule has 0 amide bonds.